The Kier molecular flexibility index (Phi) is 11.3. The molecule has 2 N–H and O–H groups in total. The molecule has 0 radical (unpaired) electrons. The zero-order valence-electron chi connectivity index (χ0n) is 25.8. The van der Waals surface area contributed by atoms with Gasteiger partial charge in [-0.2, -0.15) is 0 Å². The third-order valence-corrected chi connectivity index (χ3v) is 7.81. The van der Waals surface area contributed by atoms with Crippen LogP contribution in [0.25, 0.3) is 10.4 Å². The van der Waals surface area contributed by atoms with Crippen molar-refractivity contribution in [1.82, 2.24) is 5.32 Å². The number of carbonyl (C=O) groups is 2. The molecule has 44 heavy (non-hydrogen) atoms. The fourth-order valence-corrected chi connectivity index (χ4v) is 5.66. The quantitative estimate of drug-likeness (QED) is 0.0877. The number of aliphatic hydroxyl groups is 1. The number of ether oxygens (including phenoxy) is 3. The summed E-state index contributed by atoms with van der Waals surface area (Å²) in [5.74, 6) is 0.407. The summed E-state index contributed by atoms with van der Waals surface area (Å²) in [5.41, 5.74) is 8.48. The maximum absolute atomic E-state index is 14.3. The van der Waals surface area contributed by atoms with Crippen LogP contribution < -0.4 is 10.1 Å². The lowest BCUT2D eigenvalue weighted by atomic mass is 9.82. The summed E-state index contributed by atoms with van der Waals surface area (Å²) in [6, 6.07) is 14.0. The molecule has 0 aromatic heterocycles. The summed E-state index contributed by atoms with van der Waals surface area (Å²) >= 11 is 0. The summed E-state index contributed by atoms with van der Waals surface area (Å²) in [5, 5.41) is 16.1. The summed E-state index contributed by atoms with van der Waals surface area (Å²) in [7, 11) is 0. The van der Waals surface area contributed by atoms with Gasteiger partial charge in [-0.15, -0.1) is 0 Å². The molecule has 2 aliphatic rings. The van der Waals surface area contributed by atoms with Gasteiger partial charge < -0.3 is 24.6 Å². The Bertz CT molecular complexity index is 1360. The van der Waals surface area contributed by atoms with Gasteiger partial charge in [-0.05, 0) is 75.7 Å². The van der Waals surface area contributed by atoms with Crippen molar-refractivity contribution in [2.75, 3.05) is 19.8 Å². The van der Waals surface area contributed by atoms with E-state index in [1.807, 2.05) is 0 Å². The molecule has 1 saturated carbocycles. The first-order valence-electron chi connectivity index (χ1n) is 15.4. The maximum Gasteiger partial charge on any atom is 0.306 e. The van der Waals surface area contributed by atoms with Crippen LogP contribution in [0.15, 0.2) is 58.6 Å². The summed E-state index contributed by atoms with van der Waals surface area (Å²) in [4.78, 5) is 35.2. The Morgan fingerprint density at radius 2 is 1.86 bits per heavy atom. The number of esters is 1. The molecule has 2 aromatic rings. The average Bonchev–Trinajstić information content (AvgIpc) is 3.40. The van der Waals surface area contributed by atoms with Gasteiger partial charge in [0.1, 0.15) is 11.4 Å². The van der Waals surface area contributed by atoms with Crippen LogP contribution in [0, 0.1) is 5.92 Å². The third kappa shape index (κ3) is 8.51. The summed E-state index contributed by atoms with van der Waals surface area (Å²) in [6.07, 6.45) is 5.04. The number of hydrogen-bond acceptors (Lipinski definition) is 8. The fourth-order valence-electron chi connectivity index (χ4n) is 5.66. The van der Waals surface area contributed by atoms with Crippen molar-refractivity contribution in [3.63, 3.8) is 0 Å². The first-order valence-corrected chi connectivity index (χ1v) is 15.4. The van der Waals surface area contributed by atoms with Crippen LogP contribution in [-0.2, 0) is 19.1 Å². The number of nitrogens with zero attached hydrogens (tertiary/aromatic N) is 4. The Balaban J connectivity index is 1.74. The standard InChI is InChI=1S/C33H43N5O6/c1-32(2,3)44-28(40)18-19-33(31(41)35-22-23-10-5-4-6-11-23)29(26-12-7-8-13-27(26)37-38-34)43-30(36-33)24-14-16-25(17-15-24)42-21-9-20-39/h7-8,12-17,23,29,39H,4-6,9-11,18-22H2,1-3H3,(H,35,41)/t29-,33-/m1/s1. The van der Waals surface area contributed by atoms with Crippen LogP contribution in [0.3, 0.4) is 0 Å². The number of carbonyl (C=O) groups excluding carboxylic acids is 2. The molecule has 0 saturated heterocycles. The van der Waals surface area contributed by atoms with E-state index in [-0.39, 0.29) is 31.3 Å². The van der Waals surface area contributed by atoms with Crippen molar-refractivity contribution in [2.45, 2.75) is 89.4 Å². The Hall–Kier alpha value is -4.08. The molecule has 1 amide bonds. The number of benzene rings is 2. The average molecular weight is 606 g/mol. The van der Waals surface area contributed by atoms with E-state index in [0.717, 1.165) is 25.7 Å². The van der Waals surface area contributed by atoms with Crippen LogP contribution in [-0.4, -0.2) is 53.8 Å². The number of azide groups is 1. The SMILES string of the molecule is CC(C)(C)OC(=O)CC[C@@]1(C(=O)NCC2CCCCC2)N=C(c2ccc(OCCCO)cc2)O[C@@H]1c1ccccc1N=[N+]=[N-]. The number of aliphatic imine (C=N–C) groups is 1. The number of rotatable bonds is 13. The molecular formula is C33H43N5O6. The molecule has 236 valence electrons. The van der Waals surface area contributed by atoms with Gasteiger partial charge in [0, 0.05) is 47.7 Å². The molecule has 0 spiro atoms. The number of hydrogen-bond donors (Lipinski definition) is 2. The summed E-state index contributed by atoms with van der Waals surface area (Å²) in [6.45, 7) is 6.30. The Morgan fingerprint density at radius 3 is 2.55 bits per heavy atom. The predicted molar refractivity (Wildman–Crippen MR) is 167 cm³/mol. The molecule has 2 aromatic carbocycles. The van der Waals surface area contributed by atoms with Gasteiger partial charge >= 0.3 is 5.97 Å². The van der Waals surface area contributed by atoms with Crippen molar-refractivity contribution in [1.29, 1.82) is 0 Å². The van der Waals surface area contributed by atoms with Gasteiger partial charge in [-0.3, -0.25) is 9.59 Å². The highest BCUT2D eigenvalue weighted by Crippen LogP contribution is 2.46. The van der Waals surface area contributed by atoms with E-state index in [2.05, 4.69) is 15.3 Å². The van der Waals surface area contributed by atoms with Crippen molar-refractivity contribution >= 4 is 23.5 Å². The zero-order valence-corrected chi connectivity index (χ0v) is 25.8. The van der Waals surface area contributed by atoms with Gasteiger partial charge in [-0.1, -0.05) is 48.6 Å². The lowest BCUT2D eigenvalue weighted by Crippen LogP contribution is -2.50. The second kappa shape index (κ2) is 15.1. The van der Waals surface area contributed by atoms with Crippen LogP contribution in [0.4, 0.5) is 5.69 Å². The molecular weight excluding hydrogens is 562 g/mol. The monoisotopic (exact) mass is 605 g/mol. The lowest BCUT2D eigenvalue weighted by Gasteiger charge is -2.32. The highest BCUT2D eigenvalue weighted by atomic mass is 16.6. The van der Waals surface area contributed by atoms with Crippen molar-refractivity contribution in [2.24, 2.45) is 16.0 Å². The molecule has 2 atom stereocenters. The van der Waals surface area contributed by atoms with E-state index < -0.39 is 23.2 Å². The molecule has 1 aliphatic carbocycles. The van der Waals surface area contributed by atoms with Crippen LogP contribution >= 0.6 is 0 Å². The normalized spacial score (nSPS) is 20.2. The molecule has 4 rings (SSSR count). The van der Waals surface area contributed by atoms with E-state index in [9.17, 15) is 15.1 Å². The first kappa shape index (κ1) is 32.8. The highest BCUT2D eigenvalue weighted by molar-refractivity contribution is 6.01. The Labute approximate surface area is 258 Å². The topological polar surface area (TPSA) is 155 Å². The zero-order chi connectivity index (χ0) is 31.6. The minimum atomic E-state index is -1.54. The van der Waals surface area contributed by atoms with Crippen LogP contribution in [0.2, 0.25) is 0 Å². The second-order valence-corrected chi connectivity index (χ2v) is 12.3. The minimum absolute atomic E-state index is 0.0134. The highest BCUT2D eigenvalue weighted by Gasteiger charge is 2.54. The molecule has 11 nitrogen and oxygen atoms in total. The van der Waals surface area contributed by atoms with Crippen molar-refractivity contribution in [3.05, 3.63) is 70.1 Å². The largest absolute Gasteiger partial charge is 0.494 e. The van der Waals surface area contributed by atoms with Gasteiger partial charge in [0.2, 0.25) is 5.90 Å². The predicted octanol–water partition coefficient (Wildman–Crippen LogP) is 6.46. The van der Waals surface area contributed by atoms with Gasteiger partial charge in [0.15, 0.2) is 11.6 Å². The first-order chi connectivity index (χ1) is 21.1. The lowest BCUT2D eigenvalue weighted by molar-refractivity contribution is -0.155. The fraction of sp³-hybridized carbons (Fsp3) is 0.545. The maximum atomic E-state index is 14.3. The van der Waals surface area contributed by atoms with E-state index >= 15 is 0 Å². The van der Waals surface area contributed by atoms with E-state index in [1.165, 1.54) is 6.42 Å². The van der Waals surface area contributed by atoms with E-state index in [1.54, 1.807) is 69.3 Å². The van der Waals surface area contributed by atoms with Crippen LogP contribution in [0.5, 0.6) is 5.75 Å². The van der Waals surface area contributed by atoms with E-state index in [0.29, 0.717) is 48.1 Å². The number of aliphatic hydroxyl groups excluding tert-OH is 1. The smallest absolute Gasteiger partial charge is 0.306 e. The summed E-state index contributed by atoms with van der Waals surface area (Å²) < 4.78 is 17.8. The minimum Gasteiger partial charge on any atom is -0.494 e. The van der Waals surface area contributed by atoms with Crippen LogP contribution in [0.1, 0.15) is 89.4 Å². The molecule has 0 unspecified atom stereocenters. The van der Waals surface area contributed by atoms with Crippen molar-refractivity contribution < 1.29 is 28.9 Å². The number of amides is 1. The Morgan fingerprint density at radius 1 is 1.14 bits per heavy atom. The number of nitrogens with one attached hydrogen (secondary N) is 1. The van der Waals surface area contributed by atoms with E-state index in [4.69, 9.17) is 24.3 Å². The molecule has 1 aliphatic heterocycles. The second-order valence-electron chi connectivity index (χ2n) is 12.3. The van der Waals surface area contributed by atoms with Gasteiger partial charge in [-0.25, -0.2) is 4.99 Å². The van der Waals surface area contributed by atoms with Gasteiger partial charge in [0.05, 0.1) is 6.61 Å². The molecule has 0 bridgehead atoms. The third-order valence-electron chi connectivity index (χ3n) is 7.81. The molecule has 11 heteroatoms. The van der Waals surface area contributed by atoms with Gasteiger partial charge in [0.25, 0.3) is 5.91 Å². The van der Waals surface area contributed by atoms with Crippen molar-refractivity contribution in [3.8, 4) is 5.75 Å². The molecule has 1 fully saturated rings. The molecule has 1 heterocycles.